The van der Waals surface area contributed by atoms with Crippen molar-refractivity contribution in [2.75, 3.05) is 20.8 Å². The number of ether oxygens (including phenoxy) is 2. The summed E-state index contributed by atoms with van der Waals surface area (Å²) in [6.45, 7) is 2.15. The molecule has 0 atom stereocenters. The molecule has 0 radical (unpaired) electrons. The fourth-order valence-corrected chi connectivity index (χ4v) is 3.18. The molecular formula is C19H21FN2O2S. The molecule has 2 aromatic rings. The van der Waals surface area contributed by atoms with Crippen molar-refractivity contribution < 1.29 is 13.9 Å². The van der Waals surface area contributed by atoms with Crippen LogP contribution in [0.25, 0.3) is 0 Å². The van der Waals surface area contributed by atoms with Crippen molar-refractivity contribution in [3.8, 4) is 11.5 Å². The van der Waals surface area contributed by atoms with Crippen molar-refractivity contribution in [3.05, 3.63) is 58.9 Å². The third-order valence-electron chi connectivity index (χ3n) is 4.36. The van der Waals surface area contributed by atoms with Crippen LogP contribution in [0.2, 0.25) is 0 Å². The van der Waals surface area contributed by atoms with Crippen molar-refractivity contribution in [2.45, 2.75) is 19.5 Å². The van der Waals surface area contributed by atoms with Crippen LogP contribution in [-0.2, 0) is 19.5 Å². The highest BCUT2D eigenvalue weighted by Gasteiger charge is 2.21. The summed E-state index contributed by atoms with van der Waals surface area (Å²) in [6.07, 6.45) is 0.897. The number of methoxy groups -OCH3 is 2. The van der Waals surface area contributed by atoms with Crippen LogP contribution < -0.4 is 14.8 Å². The van der Waals surface area contributed by atoms with Gasteiger partial charge in [0.05, 0.1) is 14.2 Å². The number of halogens is 1. The van der Waals surface area contributed by atoms with Gasteiger partial charge in [-0.1, -0.05) is 12.1 Å². The van der Waals surface area contributed by atoms with Crippen molar-refractivity contribution in [1.29, 1.82) is 0 Å². The summed E-state index contributed by atoms with van der Waals surface area (Å²) < 4.78 is 23.7. The molecule has 0 saturated heterocycles. The summed E-state index contributed by atoms with van der Waals surface area (Å²) in [4.78, 5) is 2.13. The molecule has 1 aliphatic rings. The maximum absolute atomic E-state index is 13.0. The van der Waals surface area contributed by atoms with E-state index in [1.165, 1.54) is 23.3 Å². The normalized spacial score (nSPS) is 13.2. The number of thiocarbonyl (C=S) groups is 1. The van der Waals surface area contributed by atoms with Gasteiger partial charge in [-0.2, -0.15) is 0 Å². The van der Waals surface area contributed by atoms with E-state index in [2.05, 4.69) is 10.2 Å². The van der Waals surface area contributed by atoms with Gasteiger partial charge >= 0.3 is 0 Å². The highest BCUT2D eigenvalue weighted by atomic mass is 32.1. The molecule has 4 nitrogen and oxygen atoms in total. The molecule has 0 aromatic heterocycles. The first kappa shape index (κ1) is 17.5. The number of hydrogen-bond donors (Lipinski definition) is 1. The highest BCUT2D eigenvalue weighted by molar-refractivity contribution is 7.80. The zero-order chi connectivity index (χ0) is 17.8. The molecule has 0 spiro atoms. The Morgan fingerprint density at radius 2 is 1.76 bits per heavy atom. The fraction of sp³-hybridized carbons (Fsp3) is 0.316. The molecule has 0 fully saturated rings. The Morgan fingerprint density at radius 1 is 1.12 bits per heavy atom. The molecule has 25 heavy (non-hydrogen) atoms. The number of rotatable bonds is 4. The molecule has 0 bridgehead atoms. The van der Waals surface area contributed by atoms with Gasteiger partial charge in [0.1, 0.15) is 5.82 Å². The van der Waals surface area contributed by atoms with Gasteiger partial charge in [0, 0.05) is 19.6 Å². The Bertz CT molecular complexity index is 765. The van der Waals surface area contributed by atoms with Gasteiger partial charge in [-0.05, 0) is 59.6 Å². The first-order chi connectivity index (χ1) is 12.1. The Hall–Kier alpha value is -2.34. The summed E-state index contributed by atoms with van der Waals surface area (Å²) in [5.74, 6) is 1.25. The van der Waals surface area contributed by atoms with Crippen LogP contribution in [0.5, 0.6) is 11.5 Å². The van der Waals surface area contributed by atoms with Crippen LogP contribution in [0.3, 0.4) is 0 Å². The van der Waals surface area contributed by atoms with E-state index in [0.717, 1.165) is 36.6 Å². The van der Waals surface area contributed by atoms with Crippen LogP contribution >= 0.6 is 12.2 Å². The summed E-state index contributed by atoms with van der Waals surface area (Å²) in [6, 6.07) is 10.5. The van der Waals surface area contributed by atoms with Crippen LogP contribution in [0.1, 0.15) is 16.7 Å². The molecule has 2 aromatic carbocycles. The van der Waals surface area contributed by atoms with E-state index in [1.807, 2.05) is 12.1 Å². The van der Waals surface area contributed by atoms with E-state index < -0.39 is 0 Å². The summed E-state index contributed by atoms with van der Waals surface area (Å²) in [5, 5.41) is 3.95. The van der Waals surface area contributed by atoms with Crippen LogP contribution in [0.4, 0.5) is 4.39 Å². The Labute approximate surface area is 152 Å². The average molecular weight is 360 g/mol. The summed E-state index contributed by atoms with van der Waals surface area (Å²) >= 11 is 5.52. The topological polar surface area (TPSA) is 33.7 Å². The average Bonchev–Trinajstić information content (AvgIpc) is 2.65. The fourth-order valence-electron chi connectivity index (χ4n) is 2.95. The lowest BCUT2D eigenvalue weighted by Crippen LogP contribution is -2.42. The van der Waals surface area contributed by atoms with E-state index in [4.69, 9.17) is 21.7 Å². The molecule has 1 N–H and O–H groups in total. The van der Waals surface area contributed by atoms with E-state index in [0.29, 0.717) is 11.7 Å². The molecule has 132 valence electrons. The van der Waals surface area contributed by atoms with Crippen molar-refractivity contribution in [3.63, 3.8) is 0 Å². The largest absolute Gasteiger partial charge is 0.493 e. The van der Waals surface area contributed by atoms with E-state index >= 15 is 0 Å². The highest BCUT2D eigenvalue weighted by Crippen LogP contribution is 2.33. The van der Waals surface area contributed by atoms with Gasteiger partial charge < -0.3 is 19.7 Å². The standard InChI is InChI=1S/C19H21FN2O2S/c1-23-17-9-14-7-8-22(12-15(14)10-18(17)24-2)19(25)21-11-13-3-5-16(20)6-4-13/h3-6,9-10H,7-8,11-12H2,1-2H3,(H,21,25). The second-order valence-corrected chi connectivity index (χ2v) is 6.32. The van der Waals surface area contributed by atoms with Gasteiger partial charge in [-0.3, -0.25) is 0 Å². The van der Waals surface area contributed by atoms with Crippen molar-refractivity contribution in [1.82, 2.24) is 10.2 Å². The van der Waals surface area contributed by atoms with E-state index in [-0.39, 0.29) is 5.82 Å². The minimum absolute atomic E-state index is 0.233. The number of nitrogens with zero attached hydrogens (tertiary/aromatic N) is 1. The third-order valence-corrected chi connectivity index (χ3v) is 4.76. The Kier molecular flexibility index (Phi) is 5.38. The van der Waals surface area contributed by atoms with Gasteiger partial charge in [0.15, 0.2) is 16.6 Å². The van der Waals surface area contributed by atoms with Gasteiger partial charge in [0.2, 0.25) is 0 Å². The molecule has 6 heteroatoms. The maximum atomic E-state index is 13.0. The zero-order valence-electron chi connectivity index (χ0n) is 14.3. The van der Waals surface area contributed by atoms with E-state index in [1.54, 1.807) is 26.4 Å². The number of fused-ring (bicyclic) bond motifs is 1. The quantitative estimate of drug-likeness (QED) is 0.847. The monoisotopic (exact) mass is 360 g/mol. The van der Waals surface area contributed by atoms with Gasteiger partial charge in [-0.25, -0.2) is 4.39 Å². The lowest BCUT2D eigenvalue weighted by Gasteiger charge is -2.31. The Morgan fingerprint density at radius 3 is 2.40 bits per heavy atom. The molecule has 0 unspecified atom stereocenters. The molecule has 0 amide bonds. The lowest BCUT2D eigenvalue weighted by molar-refractivity contribution is 0.347. The first-order valence-electron chi connectivity index (χ1n) is 8.11. The second-order valence-electron chi connectivity index (χ2n) is 5.93. The lowest BCUT2D eigenvalue weighted by atomic mass is 9.99. The first-order valence-corrected chi connectivity index (χ1v) is 8.52. The number of benzene rings is 2. The number of hydrogen-bond acceptors (Lipinski definition) is 3. The molecule has 0 saturated carbocycles. The van der Waals surface area contributed by atoms with Crippen LogP contribution in [-0.4, -0.2) is 30.8 Å². The SMILES string of the molecule is COc1cc2c(cc1OC)CN(C(=S)NCc1ccc(F)cc1)CC2. The van der Waals surface area contributed by atoms with Crippen LogP contribution in [0, 0.1) is 5.82 Å². The van der Waals surface area contributed by atoms with Gasteiger partial charge in [0.25, 0.3) is 0 Å². The molecular weight excluding hydrogens is 339 g/mol. The van der Waals surface area contributed by atoms with Crippen molar-refractivity contribution >= 4 is 17.3 Å². The Balaban J connectivity index is 1.65. The summed E-state index contributed by atoms with van der Waals surface area (Å²) in [5.41, 5.74) is 3.44. The minimum atomic E-state index is -0.233. The van der Waals surface area contributed by atoms with Gasteiger partial charge in [-0.15, -0.1) is 0 Å². The zero-order valence-corrected chi connectivity index (χ0v) is 15.2. The smallest absolute Gasteiger partial charge is 0.169 e. The predicted molar refractivity (Wildman–Crippen MR) is 99.5 cm³/mol. The third kappa shape index (κ3) is 4.02. The predicted octanol–water partition coefficient (Wildman–Crippen LogP) is 3.28. The second kappa shape index (κ2) is 7.70. The van der Waals surface area contributed by atoms with E-state index in [9.17, 15) is 4.39 Å². The molecule has 1 aliphatic heterocycles. The minimum Gasteiger partial charge on any atom is -0.493 e. The molecule has 0 aliphatic carbocycles. The molecule has 1 heterocycles. The maximum Gasteiger partial charge on any atom is 0.169 e. The molecule has 3 rings (SSSR count). The summed E-state index contributed by atoms with van der Waals surface area (Å²) in [7, 11) is 3.29. The number of nitrogens with one attached hydrogen (secondary N) is 1. The van der Waals surface area contributed by atoms with Crippen LogP contribution in [0.15, 0.2) is 36.4 Å². The van der Waals surface area contributed by atoms with Crippen molar-refractivity contribution in [2.24, 2.45) is 0 Å².